The number of carbonyl (C=O) groups is 1. The highest BCUT2D eigenvalue weighted by Crippen LogP contribution is 2.28. The first-order valence-electron chi connectivity index (χ1n) is 7.86. The molecule has 26 heavy (non-hydrogen) atoms. The van der Waals surface area contributed by atoms with E-state index in [4.69, 9.17) is 4.74 Å². The van der Waals surface area contributed by atoms with Gasteiger partial charge in [-0.1, -0.05) is 17.7 Å². The van der Waals surface area contributed by atoms with Crippen LogP contribution in [0.15, 0.2) is 53.4 Å². The molecule has 3 rings (SSSR count). The second-order valence-electron chi connectivity index (χ2n) is 5.86. The van der Waals surface area contributed by atoms with Gasteiger partial charge in [0.2, 0.25) is 0 Å². The highest BCUT2D eigenvalue weighted by Gasteiger charge is 2.24. The van der Waals surface area contributed by atoms with Crippen LogP contribution in [0.25, 0.3) is 10.9 Å². The Balaban J connectivity index is 2.13. The van der Waals surface area contributed by atoms with E-state index in [-0.39, 0.29) is 16.3 Å². The molecule has 0 N–H and O–H groups in total. The van der Waals surface area contributed by atoms with Crippen molar-refractivity contribution in [1.82, 2.24) is 4.98 Å². The molecular formula is C19H18N2O4S. The van der Waals surface area contributed by atoms with Crippen molar-refractivity contribution >= 4 is 33.0 Å². The van der Waals surface area contributed by atoms with E-state index in [2.05, 4.69) is 4.98 Å². The van der Waals surface area contributed by atoms with Gasteiger partial charge in [0.15, 0.2) is 12.1 Å². The predicted molar refractivity (Wildman–Crippen MR) is 100 cm³/mol. The molecule has 0 fully saturated rings. The number of carbonyl (C=O) groups excluding carboxylic acids is 1. The fraction of sp³-hybridized carbons (Fsp3) is 0.158. The lowest BCUT2D eigenvalue weighted by Gasteiger charge is -2.20. The number of benzene rings is 2. The van der Waals surface area contributed by atoms with Crippen LogP contribution in [0.1, 0.15) is 15.9 Å². The average Bonchev–Trinajstić information content (AvgIpc) is 2.66. The minimum absolute atomic E-state index is 0.0817. The van der Waals surface area contributed by atoms with Gasteiger partial charge in [0.1, 0.15) is 5.75 Å². The first kappa shape index (κ1) is 17.9. The standard InChI is InChI=1S/C19H18N2O4S/c1-13-4-7-17(8-5-13)26(23,24)21(2)19-15(12-22)10-14-11-16(25-3)6-9-18(14)20-19/h4-12H,1-3H3. The molecule has 0 amide bonds. The molecule has 1 aromatic heterocycles. The van der Waals surface area contributed by atoms with E-state index >= 15 is 0 Å². The third-order valence-corrected chi connectivity index (χ3v) is 5.90. The molecule has 0 unspecified atom stereocenters. The summed E-state index contributed by atoms with van der Waals surface area (Å²) in [7, 11) is -0.900. The van der Waals surface area contributed by atoms with Gasteiger partial charge in [-0.15, -0.1) is 0 Å². The quantitative estimate of drug-likeness (QED) is 0.645. The third-order valence-electron chi connectivity index (χ3n) is 4.13. The number of pyridine rings is 1. The van der Waals surface area contributed by atoms with Crippen LogP contribution in [-0.4, -0.2) is 33.8 Å². The average molecular weight is 370 g/mol. The summed E-state index contributed by atoms with van der Waals surface area (Å²) in [5, 5.41) is 0.691. The summed E-state index contributed by atoms with van der Waals surface area (Å²) in [5.41, 5.74) is 1.71. The number of anilines is 1. The molecule has 134 valence electrons. The third kappa shape index (κ3) is 3.13. The second-order valence-corrected chi connectivity index (χ2v) is 7.83. The van der Waals surface area contributed by atoms with E-state index in [9.17, 15) is 13.2 Å². The van der Waals surface area contributed by atoms with Crippen LogP contribution in [-0.2, 0) is 10.0 Å². The van der Waals surface area contributed by atoms with Crippen LogP contribution in [0.3, 0.4) is 0 Å². The summed E-state index contributed by atoms with van der Waals surface area (Å²) >= 11 is 0. The Morgan fingerprint density at radius 2 is 1.77 bits per heavy atom. The lowest BCUT2D eigenvalue weighted by atomic mass is 10.1. The molecule has 0 saturated carbocycles. The summed E-state index contributed by atoms with van der Waals surface area (Å²) in [6.45, 7) is 1.88. The molecule has 0 atom stereocenters. The van der Waals surface area contributed by atoms with Gasteiger partial charge in [-0.05, 0) is 43.3 Å². The first-order valence-corrected chi connectivity index (χ1v) is 9.30. The molecule has 0 saturated heterocycles. The Bertz CT molecular complexity index is 1080. The van der Waals surface area contributed by atoms with Crippen LogP contribution in [0.5, 0.6) is 5.75 Å². The van der Waals surface area contributed by atoms with E-state index in [1.807, 2.05) is 6.92 Å². The zero-order valence-electron chi connectivity index (χ0n) is 14.6. The van der Waals surface area contributed by atoms with E-state index in [1.54, 1.807) is 43.5 Å². The van der Waals surface area contributed by atoms with Crippen molar-refractivity contribution in [2.75, 3.05) is 18.5 Å². The maximum atomic E-state index is 12.9. The van der Waals surface area contributed by atoms with E-state index in [0.29, 0.717) is 22.9 Å². The number of hydrogen-bond acceptors (Lipinski definition) is 5. The fourth-order valence-electron chi connectivity index (χ4n) is 2.61. The maximum absolute atomic E-state index is 12.9. The van der Waals surface area contributed by atoms with Gasteiger partial charge in [0, 0.05) is 12.4 Å². The van der Waals surface area contributed by atoms with Gasteiger partial charge >= 0.3 is 0 Å². The smallest absolute Gasteiger partial charge is 0.265 e. The lowest BCUT2D eigenvalue weighted by Crippen LogP contribution is -2.28. The number of nitrogens with zero attached hydrogens (tertiary/aromatic N) is 2. The Kier molecular flexibility index (Phi) is 4.65. The second kappa shape index (κ2) is 6.76. The molecule has 0 spiro atoms. The number of aldehydes is 1. The number of rotatable bonds is 5. The normalized spacial score (nSPS) is 11.3. The molecule has 0 bridgehead atoms. The Hall–Kier alpha value is -2.93. The largest absolute Gasteiger partial charge is 0.497 e. The van der Waals surface area contributed by atoms with Crippen LogP contribution < -0.4 is 9.04 Å². The summed E-state index contributed by atoms with van der Waals surface area (Å²) < 4.78 is 32.0. The Labute approximate surface area is 152 Å². The van der Waals surface area contributed by atoms with Gasteiger partial charge in [0.25, 0.3) is 10.0 Å². The number of sulfonamides is 1. The van der Waals surface area contributed by atoms with Crippen LogP contribution >= 0.6 is 0 Å². The van der Waals surface area contributed by atoms with Crippen molar-refractivity contribution in [3.05, 3.63) is 59.7 Å². The number of ether oxygens (including phenoxy) is 1. The monoisotopic (exact) mass is 370 g/mol. The summed E-state index contributed by atoms with van der Waals surface area (Å²) in [6.07, 6.45) is 0.600. The molecule has 1 heterocycles. The van der Waals surface area contributed by atoms with Gasteiger partial charge in [-0.25, -0.2) is 13.4 Å². The highest BCUT2D eigenvalue weighted by atomic mass is 32.2. The number of hydrogen-bond donors (Lipinski definition) is 0. The van der Waals surface area contributed by atoms with Crippen molar-refractivity contribution in [2.24, 2.45) is 0 Å². The van der Waals surface area contributed by atoms with Crippen LogP contribution in [0.2, 0.25) is 0 Å². The van der Waals surface area contributed by atoms with Crippen molar-refractivity contribution in [1.29, 1.82) is 0 Å². The molecule has 0 aliphatic carbocycles. The zero-order chi connectivity index (χ0) is 18.9. The summed E-state index contributed by atoms with van der Waals surface area (Å²) in [4.78, 5) is 16.1. The van der Waals surface area contributed by atoms with Crippen molar-refractivity contribution < 1.29 is 17.9 Å². The fourth-order valence-corrected chi connectivity index (χ4v) is 3.78. The van der Waals surface area contributed by atoms with Crippen molar-refractivity contribution in [3.63, 3.8) is 0 Å². The number of fused-ring (bicyclic) bond motifs is 1. The van der Waals surface area contributed by atoms with E-state index in [0.717, 1.165) is 9.87 Å². The van der Waals surface area contributed by atoms with Gasteiger partial charge in [-0.2, -0.15) is 0 Å². The minimum atomic E-state index is -3.84. The van der Waals surface area contributed by atoms with Gasteiger partial charge < -0.3 is 4.74 Å². The minimum Gasteiger partial charge on any atom is -0.497 e. The SMILES string of the molecule is COc1ccc2nc(N(C)S(=O)(=O)c3ccc(C)cc3)c(C=O)cc2c1. The number of aromatic nitrogens is 1. The molecular weight excluding hydrogens is 352 g/mol. The Morgan fingerprint density at radius 3 is 2.38 bits per heavy atom. The highest BCUT2D eigenvalue weighted by molar-refractivity contribution is 7.92. The van der Waals surface area contributed by atoms with E-state index in [1.165, 1.54) is 19.2 Å². The molecule has 0 aliphatic heterocycles. The number of aryl methyl sites for hydroxylation is 1. The maximum Gasteiger partial charge on any atom is 0.265 e. The van der Waals surface area contributed by atoms with Crippen LogP contribution in [0, 0.1) is 6.92 Å². The van der Waals surface area contributed by atoms with Crippen LogP contribution in [0.4, 0.5) is 5.82 Å². The molecule has 0 aliphatic rings. The molecule has 0 radical (unpaired) electrons. The van der Waals surface area contributed by atoms with Crippen molar-refractivity contribution in [3.8, 4) is 5.75 Å². The van der Waals surface area contributed by atoms with Gasteiger partial charge in [-0.3, -0.25) is 9.10 Å². The zero-order valence-corrected chi connectivity index (χ0v) is 15.4. The predicted octanol–water partition coefficient (Wildman–Crippen LogP) is 3.19. The van der Waals surface area contributed by atoms with Crippen molar-refractivity contribution in [2.45, 2.75) is 11.8 Å². The molecule has 2 aromatic carbocycles. The molecule has 3 aromatic rings. The first-order chi connectivity index (χ1) is 12.4. The van der Waals surface area contributed by atoms with E-state index < -0.39 is 10.0 Å². The van der Waals surface area contributed by atoms with Gasteiger partial charge in [0.05, 0.1) is 23.1 Å². The lowest BCUT2D eigenvalue weighted by molar-refractivity contribution is 0.112. The summed E-state index contributed by atoms with van der Waals surface area (Å²) in [5.74, 6) is 0.711. The number of methoxy groups -OCH3 is 1. The molecule has 7 heteroatoms. The summed E-state index contributed by atoms with van der Waals surface area (Å²) in [6, 6.07) is 13.3. The topological polar surface area (TPSA) is 76.6 Å². The molecule has 6 nitrogen and oxygen atoms in total. The Morgan fingerprint density at radius 1 is 1.08 bits per heavy atom.